The van der Waals surface area contributed by atoms with Crippen molar-refractivity contribution in [1.29, 1.82) is 0 Å². The average Bonchev–Trinajstić information content (AvgIpc) is 3.63. The second-order valence-electron chi connectivity index (χ2n) is 9.90. The Balaban J connectivity index is 1.30. The summed E-state index contributed by atoms with van der Waals surface area (Å²) < 4.78 is 7.50. The molecule has 0 radical (unpaired) electrons. The molecule has 2 aliphatic rings. The molecule has 39 heavy (non-hydrogen) atoms. The molecule has 208 valence electrons. The second-order valence-corrected chi connectivity index (χ2v) is 9.90. The van der Waals surface area contributed by atoms with E-state index < -0.39 is 6.03 Å². The number of anilines is 3. The molecule has 1 saturated carbocycles. The van der Waals surface area contributed by atoms with Crippen molar-refractivity contribution in [2.24, 2.45) is 5.73 Å². The monoisotopic (exact) mass is 536 g/mol. The third kappa shape index (κ3) is 6.72. The van der Waals surface area contributed by atoms with Crippen LogP contribution in [0.2, 0.25) is 0 Å². The minimum Gasteiger partial charge on any atom is -0.378 e. The lowest BCUT2D eigenvalue weighted by molar-refractivity contribution is 0.0299. The van der Waals surface area contributed by atoms with E-state index in [1.165, 1.54) is 12.8 Å². The Bertz CT molecular complexity index is 1270. The molecule has 0 atom stereocenters. The molecule has 1 saturated heterocycles. The van der Waals surface area contributed by atoms with Gasteiger partial charge in [0.25, 0.3) is 5.91 Å². The number of carbonyl (C=O) groups excluding carboxylic acids is 2. The lowest BCUT2D eigenvalue weighted by atomic mass is 10.2. The summed E-state index contributed by atoms with van der Waals surface area (Å²) in [7, 11) is 0. The van der Waals surface area contributed by atoms with Gasteiger partial charge in [-0.2, -0.15) is 9.97 Å². The number of nitrogens with zero attached hydrogens (tertiary/aromatic N) is 6. The van der Waals surface area contributed by atoms with Crippen molar-refractivity contribution in [3.8, 4) is 0 Å². The fourth-order valence-corrected chi connectivity index (χ4v) is 5.03. The zero-order valence-electron chi connectivity index (χ0n) is 22.1. The Hall–Kier alpha value is -4.00. The first-order valence-corrected chi connectivity index (χ1v) is 13.7. The number of hydrogen-bond donors (Lipinski definition) is 4. The van der Waals surface area contributed by atoms with Crippen LogP contribution in [0.5, 0.6) is 0 Å². The predicted molar refractivity (Wildman–Crippen MR) is 147 cm³/mol. The van der Waals surface area contributed by atoms with Crippen LogP contribution >= 0.6 is 0 Å². The summed E-state index contributed by atoms with van der Waals surface area (Å²) in [6.07, 6.45) is 10.8. The van der Waals surface area contributed by atoms with Crippen LogP contribution in [-0.2, 0) is 4.74 Å². The Morgan fingerprint density at radius 3 is 2.56 bits per heavy atom. The van der Waals surface area contributed by atoms with E-state index in [1.54, 1.807) is 17.2 Å². The maximum atomic E-state index is 12.8. The number of nitrogens with two attached hydrogens (primary N) is 1. The van der Waals surface area contributed by atoms with E-state index in [2.05, 4.69) is 30.5 Å². The molecule has 3 amide bonds. The Morgan fingerprint density at radius 1 is 1.03 bits per heavy atom. The van der Waals surface area contributed by atoms with Crippen LogP contribution in [-0.4, -0.2) is 80.7 Å². The quantitative estimate of drug-likeness (QED) is 0.270. The fourth-order valence-electron chi connectivity index (χ4n) is 5.03. The smallest absolute Gasteiger partial charge is 0.312 e. The number of nitrogens with one attached hydrogen (secondary N) is 3. The zero-order chi connectivity index (χ0) is 27.0. The van der Waals surface area contributed by atoms with Gasteiger partial charge >= 0.3 is 6.03 Å². The molecular weight excluding hydrogens is 500 g/mol. The summed E-state index contributed by atoms with van der Waals surface area (Å²) in [5, 5.41) is 9.28. The maximum Gasteiger partial charge on any atom is 0.312 e. The van der Waals surface area contributed by atoms with Crippen molar-refractivity contribution >= 4 is 40.6 Å². The highest BCUT2D eigenvalue weighted by atomic mass is 16.5. The first-order chi connectivity index (χ1) is 19.1. The summed E-state index contributed by atoms with van der Waals surface area (Å²) in [5.74, 6) is 1.01. The molecule has 1 aliphatic heterocycles. The maximum absolute atomic E-state index is 12.8. The molecule has 0 aromatic carbocycles. The molecule has 0 spiro atoms. The van der Waals surface area contributed by atoms with Crippen LogP contribution < -0.4 is 21.7 Å². The zero-order valence-corrected chi connectivity index (χ0v) is 22.1. The number of pyridine rings is 1. The van der Waals surface area contributed by atoms with Crippen LogP contribution in [0.4, 0.5) is 22.2 Å². The summed E-state index contributed by atoms with van der Waals surface area (Å²) in [6, 6.07) is 3.44. The Labute approximate surface area is 226 Å². The van der Waals surface area contributed by atoms with Crippen LogP contribution in [0, 0.1) is 0 Å². The third-order valence-corrected chi connectivity index (χ3v) is 7.12. The van der Waals surface area contributed by atoms with E-state index in [0.717, 1.165) is 37.8 Å². The topological polar surface area (TPSA) is 165 Å². The first-order valence-electron chi connectivity index (χ1n) is 13.7. The van der Waals surface area contributed by atoms with Crippen molar-refractivity contribution in [1.82, 2.24) is 34.7 Å². The Kier molecular flexibility index (Phi) is 8.66. The van der Waals surface area contributed by atoms with Crippen LogP contribution in [0.15, 0.2) is 24.7 Å². The highest BCUT2D eigenvalue weighted by Crippen LogP contribution is 2.33. The van der Waals surface area contributed by atoms with Gasteiger partial charge in [0.2, 0.25) is 5.95 Å². The molecule has 5 rings (SSSR count). The van der Waals surface area contributed by atoms with Crippen molar-refractivity contribution in [2.45, 2.75) is 51.0 Å². The summed E-state index contributed by atoms with van der Waals surface area (Å²) in [4.78, 5) is 43.9. The number of amides is 3. The molecule has 13 heteroatoms. The lowest BCUT2D eigenvalue weighted by Gasteiger charge is -2.26. The summed E-state index contributed by atoms with van der Waals surface area (Å²) >= 11 is 0. The molecule has 0 unspecified atom stereocenters. The van der Waals surface area contributed by atoms with E-state index in [0.29, 0.717) is 74.1 Å². The van der Waals surface area contributed by atoms with Gasteiger partial charge in [0.05, 0.1) is 31.4 Å². The van der Waals surface area contributed by atoms with Crippen molar-refractivity contribution in [3.05, 3.63) is 30.4 Å². The minimum absolute atomic E-state index is 0.0959. The minimum atomic E-state index is -0.498. The van der Waals surface area contributed by atoms with Crippen molar-refractivity contribution in [3.63, 3.8) is 0 Å². The van der Waals surface area contributed by atoms with E-state index in [-0.39, 0.29) is 5.91 Å². The van der Waals surface area contributed by atoms with E-state index in [4.69, 9.17) is 20.4 Å². The van der Waals surface area contributed by atoms with Gasteiger partial charge in [0, 0.05) is 32.2 Å². The highest BCUT2D eigenvalue weighted by Gasteiger charge is 2.23. The molecule has 13 nitrogen and oxygen atoms in total. The van der Waals surface area contributed by atoms with E-state index >= 15 is 0 Å². The predicted octanol–water partition coefficient (Wildman–Crippen LogP) is 2.80. The molecule has 4 heterocycles. The Morgan fingerprint density at radius 2 is 1.82 bits per heavy atom. The number of imidazole rings is 1. The molecule has 2 fully saturated rings. The van der Waals surface area contributed by atoms with Gasteiger partial charge in [0.15, 0.2) is 17.0 Å². The van der Waals surface area contributed by atoms with Gasteiger partial charge in [-0.05, 0) is 44.2 Å². The lowest BCUT2D eigenvalue weighted by Crippen LogP contribution is -2.41. The average molecular weight is 537 g/mol. The highest BCUT2D eigenvalue weighted by molar-refractivity contribution is 5.93. The second kappa shape index (κ2) is 12.7. The number of rotatable bonds is 11. The third-order valence-electron chi connectivity index (χ3n) is 7.12. The fraction of sp³-hybridized carbons (Fsp3) is 0.538. The van der Waals surface area contributed by atoms with E-state index in [1.807, 2.05) is 12.4 Å². The van der Waals surface area contributed by atoms with E-state index in [9.17, 15) is 9.59 Å². The van der Waals surface area contributed by atoms with Gasteiger partial charge in [-0.15, -0.1) is 0 Å². The number of primary amides is 1. The molecule has 3 aromatic rings. The number of hydrogen-bond acceptors (Lipinski definition) is 9. The standard InChI is InChI=1S/C26H36N10O3/c27-25(38)28-10-4-1-5-11-29-26-33-22(21-23(34-26)36(17-31-21)19-6-2-3-7-19)32-18-8-9-20(30-16-18)24(37)35-12-14-39-15-13-35/h8-9,16-17,19H,1-7,10-15H2,(H3,27,28,38)(H2,29,32,33,34). The van der Waals surface area contributed by atoms with Crippen LogP contribution in [0.1, 0.15) is 61.5 Å². The SMILES string of the molecule is NC(=O)NCCCCCNc1nc(Nc2ccc(C(=O)N3CCOCC3)nc2)c2ncn(C3CCCC3)c2n1. The van der Waals surface area contributed by atoms with Gasteiger partial charge < -0.3 is 35.9 Å². The molecule has 3 aromatic heterocycles. The van der Waals surface area contributed by atoms with Gasteiger partial charge in [-0.1, -0.05) is 12.8 Å². The van der Waals surface area contributed by atoms with Crippen LogP contribution in [0.3, 0.4) is 0 Å². The molecule has 5 N–H and O–H groups in total. The summed E-state index contributed by atoms with van der Waals surface area (Å²) in [5.41, 5.74) is 7.69. The van der Waals surface area contributed by atoms with Crippen LogP contribution in [0.25, 0.3) is 11.2 Å². The first kappa shape index (κ1) is 26.6. The number of unbranched alkanes of at least 4 members (excludes halogenated alkanes) is 2. The summed E-state index contributed by atoms with van der Waals surface area (Å²) in [6.45, 7) is 3.50. The molecule has 1 aliphatic carbocycles. The number of carbonyl (C=O) groups is 2. The van der Waals surface area contributed by atoms with Gasteiger partial charge in [-0.3, -0.25) is 4.79 Å². The number of fused-ring (bicyclic) bond motifs is 1. The largest absolute Gasteiger partial charge is 0.378 e. The molecule has 0 bridgehead atoms. The van der Waals surface area contributed by atoms with Gasteiger partial charge in [-0.25, -0.2) is 14.8 Å². The number of morpholine rings is 1. The number of ether oxygens (including phenoxy) is 1. The van der Waals surface area contributed by atoms with Crippen molar-refractivity contribution in [2.75, 3.05) is 50.0 Å². The normalized spacial score (nSPS) is 15.9. The number of urea groups is 1. The number of aromatic nitrogens is 5. The van der Waals surface area contributed by atoms with Gasteiger partial charge in [0.1, 0.15) is 5.69 Å². The molecular formula is C26H36N10O3. The van der Waals surface area contributed by atoms with Crippen molar-refractivity contribution < 1.29 is 14.3 Å².